The molecule has 1 N–H and O–H groups in total. The van der Waals surface area contributed by atoms with E-state index in [2.05, 4.69) is 17.1 Å². The highest BCUT2D eigenvalue weighted by atomic mass is 32.1. The number of aromatic amines is 1. The normalized spacial score (nSPS) is 11.3. The molecule has 4 heterocycles. The van der Waals surface area contributed by atoms with Gasteiger partial charge in [-0.3, -0.25) is 0 Å². The van der Waals surface area contributed by atoms with Crippen molar-refractivity contribution < 1.29 is 8.83 Å². The molecule has 0 fully saturated rings. The molecule has 5 heteroatoms. The van der Waals surface area contributed by atoms with E-state index in [1.165, 1.54) is 0 Å². The topological polar surface area (TPSA) is 55.0 Å². The fraction of sp³-hybridized carbons (Fsp3) is 0. The lowest BCUT2D eigenvalue weighted by Gasteiger charge is -1.97. The molecule has 0 amide bonds. The molecule has 0 saturated heterocycles. The number of aromatic nitrogens is 2. The van der Waals surface area contributed by atoms with Crippen LogP contribution in [0.2, 0.25) is 0 Å². The number of hydrogen-bond acceptors (Lipinski definition) is 4. The van der Waals surface area contributed by atoms with E-state index < -0.39 is 0 Å². The Morgan fingerprint density at radius 1 is 1.00 bits per heavy atom. The minimum atomic E-state index is 0.490. The lowest BCUT2D eigenvalue weighted by atomic mass is 10.1. The number of benzene rings is 1. The maximum absolute atomic E-state index is 6.07. The van der Waals surface area contributed by atoms with Gasteiger partial charge in [-0.2, -0.15) is 0 Å². The van der Waals surface area contributed by atoms with E-state index in [9.17, 15) is 0 Å². The summed E-state index contributed by atoms with van der Waals surface area (Å²) in [5.74, 6) is 1.88. The Hall–Kier alpha value is -3.05. The largest absolute Gasteiger partial charge is 0.459 e. The summed E-state index contributed by atoms with van der Waals surface area (Å²) in [6, 6.07) is 15.9. The number of oxazole rings is 1. The van der Waals surface area contributed by atoms with Crippen LogP contribution in [0.15, 0.2) is 75.2 Å². The van der Waals surface area contributed by atoms with Crippen molar-refractivity contribution in [1.82, 2.24) is 9.97 Å². The molecule has 5 aromatic rings. The number of rotatable bonds is 3. The summed E-state index contributed by atoms with van der Waals surface area (Å²) in [5, 5.41) is 3.15. The Bertz CT molecular complexity index is 1100. The molecule has 1 aromatic carbocycles. The van der Waals surface area contributed by atoms with E-state index in [0.717, 1.165) is 32.8 Å². The SMILES string of the molecule is c1coc(-c2nc(-c3c[nH]c4ccccc34)c(-c3cccs3)o2)c1. The summed E-state index contributed by atoms with van der Waals surface area (Å²) in [7, 11) is 0. The predicted octanol–water partition coefficient (Wildman–Crippen LogP) is 5.81. The third-order valence-electron chi connectivity index (χ3n) is 3.95. The smallest absolute Gasteiger partial charge is 0.264 e. The fourth-order valence-electron chi connectivity index (χ4n) is 2.85. The minimum Gasteiger partial charge on any atom is -0.459 e. The second-order valence-corrected chi connectivity index (χ2v) is 6.35. The number of H-pyrrole nitrogens is 1. The third kappa shape index (κ3) is 2.02. The van der Waals surface area contributed by atoms with Crippen LogP contribution in [0.1, 0.15) is 0 Å². The first-order valence-electron chi connectivity index (χ1n) is 7.55. The van der Waals surface area contributed by atoms with Crippen LogP contribution in [0, 0.1) is 0 Å². The molecular formula is C19H12N2O2S. The van der Waals surface area contributed by atoms with Gasteiger partial charge in [-0.15, -0.1) is 11.3 Å². The van der Waals surface area contributed by atoms with Crippen molar-refractivity contribution in [2.45, 2.75) is 0 Å². The maximum Gasteiger partial charge on any atom is 0.264 e. The summed E-state index contributed by atoms with van der Waals surface area (Å²) in [6.45, 7) is 0. The fourth-order valence-corrected chi connectivity index (χ4v) is 3.56. The number of thiophene rings is 1. The van der Waals surface area contributed by atoms with Crippen molar-refractivity contribution in [3.8, 4) is 33.5 Å². The molecule has 0 aliphatic carbocycles. The summed E-state index contributed by atoms with van der Waals surface area (Å²) < 4.78 is 11.5. The molecule has 0 atom stereocenters. The number of furan rings is 1. The summed E-state index contributed by atoms with van der Waals surface area (Å²) in [4.78, 5) is 9.07. The van der Waals surface area contributed by atoms with Gasteiger partial charge in [0.1, 0.15) is 5.69 Å². The van der Waals surface area contributed by atoms with Crippen molar-refractivity contribution in [2.75, 3.05) is 0 Å². The molecule has 24 heavy (non-hydrogen) atoms. The standard InChI is InChI=1S/C19H12N2O2S/c1-2-6-14-12(5-1)13(11-20-14)17-18(16-8-4-10-24-16)23-19(21-17)15-7-3-9-22-15/h1-11,20H. The van der Waals surface area contributed by atoms with Gasteiger partial charge in [0.15, 0.2) is 11.5 Å². The second-order valence-electron chi connectivity index (χ2n) is 5.40. The Kier molecular flexibility index (Phi) is 2.93. The highest BCUT2D eigenvalue weighted by Crippen LogP contribution is 2.40. The van der Waals surface area contributed by atoms with Gasteiger partial charge in [-0.25, -0.2) is 4.98 Å². The van der Waals surface area contributed by atoms with Crippen LogP contribution in [0.3, 0.4) is 0 Å². The quantitative estimate of drug-likeness (QED) is 0.453. The van der Waals surface area contributed by atoms with Crippen LogP contribution in [0.5, 0.6) is 0 Å². The van der Waals surface area contributed by atoms with Crippen LogP contribution in [-0.2, 0) is 0 Å². The van der Waals surface area contributed by atoms with E-state index in [4.69, 9.17) is 13.8 Å². The predicted molar refractivity (Wildman–Crippen MR) is 94.8 cm³/mol. The summed E-state index contributed by atoms with van der Waals surface area (Å²) in [5.41, 5.74) is 2.92. The van der Waals surface area contributed by atoms with Gasteiger partial charge in [0.2, 0.25) is 0 Å². The van der Waals surface area contributed by atoms with Gasteiger partial charge in [0, 0.05) is 22.7 Å². The number of nitrogens with zero attached hydrogens (tertiary/aromatic N) is 1. The van der Waals surface area contributed by atoms with Crippen LogP contribution in [-0.4, -0.2) is 9.97 Å². The highest BCUT2D eigenvalue weighted by molar-refractivity contribution is 7.13. The molecule has 0 bridgehead atoms. The lowest BCUT2D eigenvalue weighted by molar-refractivity contribution is 0.524. The molecule has 0 aliphatic heterocycles. The first-order valence-corrected chi connectivity index (χ1v) is 8.43. The van der Waals surface area contributed by atoms with Gasteiger partial charge in [0.05, 0.1) is 11.1 Å². The summed E-state index contributed by atoms with van der Waals surface area (Å²) in [6.07, 6.45) is 3.60. The zero-order valence-electron chi connectivity index (χ0n) is 12.5. The molecule has 4 aromatic heterocycles. The van der Waals surface area contributed by atoms with Gasteiger partial charge in [0.25, 0.3) is 5.89 Å². The van der Waals surface area contributed by atoms with E-state index in [1.54, 1.807) is 17.6 Å². The number of nitrogens with one attached hydrogen (secondary N) is 1. The van der Waals surface area contributed by atoms with E-state index in [0.29, 0.717) is 11.7 Å². The van der Waals surface area contributed by atoms with Crippen LogP contribution < -0.4 is 0 Å². The van der Waals surface area contributed by atoms with Gasteiger partial charge < -0.3 is 13.8 Å². The molecule has 116 valence electrons. The Labute approximate surface area is 141 Å². The molecular weight excluding hydrogens is 320 g/mol. The molecule has 4 nitrogen and oxygen atoms in total. The number of fused-ring (bicyclic) bond motifs is 1. The first-order chi connectivity index (χ1) is 11.9. The minimum absolute atomic E-state index is 0.490. The lowest BCUT2D eigenvalue weighted by Crippen LogP contribution is -1.79. The monoisotopic (exact) mass is 332 g/mol. The zero-order chi connectivity index (χ0) is 15.9. The number of para-hydroxylation sites is 1. The van der Waals surface area contributed by atoms with Gasteiger partial charge in [-0.1, -0.05) is 24.3 Å². The first kappa shape index (κ1) is 13.4. The Morgan fingerprint density at radius 3 is 2.79 bits per heavy atom. The highest BCUT2D eigenvalue weighted by Gasteiger charge is 2.21. The molecule has 0 unspecified atom stereocenters. The zero-order valence-corrected chi connectivity index (χ0v) is 13.3. The molecule has 0 spiro atoms. The molecule has 5 rings (SSSR count). The molecule has 0 saturated carbocycles. The van der Waals surface area contributed by atoms with Crippen molar-refractivity contribution in [2.24, 2.45) is 0 Å². The van der Waals surface area contributed by atoms with Crippen LogP contribution in [0.4, 0.5) is 0 Å². The van der Waals surface area contributed by atoms with E-state index in [-0.39, 0.29) is 0 Å². The maximum atomic E-state index is 6.07. The molecule has 0 aliphatic rings. The third-order valence-corrected chi connectivity index (χ3v) is 4.82. The van der Waals surface area contributed by atoms with Crippen molar-refractivity contribution in [1.29, 1.82) is 0 Å². The second kappa shape index (κ2) is 5.25. The summed E-state index contributed by atoms with van der Waals surface area (Å²) >= 11 is 1.63. The van der Waals surface area contributed by atoms with Crippen LogP contribution >= 0.6 is 11.3 Å². The van der Waals surface area contributed by atoms with E-state index >= 15 is 0 Å². The van der Waals surface area contributed by atoms with Gasteiger partial charge in [-0.05, 0) is 29.6 Å². The van der Waals surface area contributed by atoms with Crippen molar-refractivity contribution >= 4 is 22.2 Å². The number of hydrogen-bond donors (Lipinski definition) is 1. The van der Waals surface area contributed by atoms with Crippen LogP contribution in [0.25, 0.3) is 44.4 Å². The Morgan fingerprint density at radius 2 is 1.96 bits per heavy atom. The average Bonchev–Trinajstić information content (AvgIpc) is 3.39. The van der Waals surface area contributed by atoms with Gasteiger partial charge >= 0.3 is 0 Å². The Balaban J connectivity index is 1.78. The van der Waals surface area contributed by atoms with E-state index in [1.807, 2.05) is 48.0 Å². The van der Waals surface area contributed by atoms with Crippen molar-refractivity contribution in [3.05, 3.63) is 66.4 Å². The molecule has 0 radical (unpaired) electrons. The average molecular weight is 332 g/mol. The van der Waals surface area contributed by atoms with Crippen molar-refractivity contribution in [3.63, 3.8) is 0 Å².